The number of fused-ring (bicyclic) bond motifs is 2. The first-order valence-corrected chi connectivity index (χ1v) is 15.5. The van der Waals surface area contributed by atoms with Crippen molar-refractivity contribution in [2.45, 2.75) is 103 Å². The average molecular weight is 639 g/mol. The standard InChI is InChI=1S/C35H42O11/c1-18-24(45-27(40)15-14-22-12-10-9-11-13-22)17-26(42-19(2)36)33(7)28(18)29(43-20(3)37)23-16-25(39)34(8)35(46-34,32(23,5)6)30(41)31(33)44-21(4)38/h9-15,23-24,26,28-31,41H,1,16-17H2,2-8H3/t23-,24-,26-,28?,29+,30-,31-,33+,34+,35-/m0/s1. The fraction of sp³-hybridized carbons (Fsp3) is 0.571. The lowest BCUT2D eigenvalue weighted by Gasteiger charge is -2.61. The van der Waals surface area contributed by atoms with Gasteiger partial charge in [-0.15, -0.1) is 0 Å². The number of ketones is 1. The van der Waals surface area contributed by atoms with E-state index in [-0.39, 0.29) is 18.6 Å². The van der Waals surface area contributed by atoms with Gasteiger partial charge in [-0.3, -0.25) is 19.2 Å². The van der Waals surface area contributed by atoms with E-state index >= 15 is 0 Å². The maximum absolute atomic E-state index is 13.7. The number of hydrogen-bond donors (Lipinski definition) is 1. The normalized spacial score (nSPS) is 39.2. The second kappa shape index (κ2) is 11.5. The Morgan fingerprint density at radius 3 is 2.13 bits per heavy atom. The average Bonchev–Trinajstić information content (AvgIpc) is 3.64. The molecular weight excluding hydrogens is 596 g/mol. The minimum atomic E-state index is -1.58. The summed E-state index contributed by atoms with van der Waals surface area (Å²) in [5, 5.41) is 12.3. The molecule has 1 spiro atoms. The van der Waals surface area contributed by atoms with Gasteiger partial charge in [-0.05, 0) is 24.1 Å². The summed E-state index contributed by atoms with van der Waals surface area (Å²) < 4.78 is 30.0. The van der Waals surface area contributed by atoms with Crippen molar-refractivity contribution >= 4 is 35.7 Å². The summed E-state index contributed by atoms with van der Waals surface area (Å²) in [6, 6.07) is 9.14. The van der Waals surface area contributed by atoms with Crippen molar-refractivity contribution in [3.8, 4) is 0 Å². The smallest absolute Gasteiger partial charge is 0.331 e. The molecule has 3 aliphatic carbocycles. The zero-order valence-corrected chi connectivity index (χ0v) is 27.2. The number of hydrogen-bond acceptors (Lipinski definition) is 11. The number of epoxide rings is 1. The second-order valence-electron chi connectivity index (χ2n) is 13.8. The molecule has 1 aliphatic heterocycles. The topological polar surface area (TPSA) is 155 Å². The number of esters is 4. The van der Waals surface area contributed by atoms with Crippen LogP contribution in [0, 0.1) is 22.7 Å². The molecule has 5 rings (SSSR count). The molecule has 1 heterocycles. The Labute approximate surface area is 268 Å². The van der Waals surface area contributed by atoms with Crippen molar-refractivity contribution < 1.29 is 52.8 Å². The quantitative estimate of drug-likeness (QED) is 0.160. The van der Waals surface area contributed by atoms with E-state index in [2.05, 4.69) is 6.58 Å². The number of aliphatic hydroxyl groups is 1. The molecule has 4 fully saturated rings. The van der Waals surface area contributed by atoms with Gasteiger partial charge in [-0.2, -0.15) is 0 Å². The highest BCUT2D eigenvalue weighted by molar-refractivity contribution is 5.94. The first-order chi connectivity index (χ1) is 21.4. The van der Waals surface area contributed by atoms with Crippen LogP contribution < -0.4 is 0 Å². The fourth-order valence-corrected chi connectivity index (χ4v) is 8.71. The van der Waals surface area contributed by atoms with Gasteiger partial charge in [-0.25, -0.2) is 4.79 Å². The molecule has 1 saturated heterocycles. The number of Topliss-reactive ketones (excluding diaryl/α,β-unsaturated/α-hetero) is 1. The van der Waals surface area contributed by atoms with Gasteiger partial charge in [0.25, 0.3) is 0 Å². The zero-order valence-electron chi connectivity index (χ0n) is 27.2. The van der Waals surface area contributed by atoms with Gasteiger partial charge < -0.3 is 28.8 Å². The van der Waals surface area contributed by atoms with Crippen molar-refractivity contribution in [2.24, 2.45) is 22.7 Å². The molecule has 248 valence electrons. The van der Waals surface area contributed by atoms with Gasteiger partial charge in [0.15, 0.2) is 11.4 Å². The molecule has 1 aromatic carbocycles. The van der Waals surface area contributed by atoms with Crippen LogP contribution >= 0.6 is 0 Å². The molecule has 1 aromatic rings. The Morgan fingerprint density at radius 1 is 0.935 bits per heavy atom. The number of rotatable bonds is 6. The predicted octanol–water partition coefficient (Wildman–Crippen LogP) is 3.51. The van der Waals surface area contributed by atoms with E-state index in [4.69, 9.17) is 23.7 Å². The molecule has 1 unspecified atom stereocenters. The maximum atomic E-state index is 13.7. The maximum Gasteiger partial charge on any atom is 0.331 e. The van der Waals surface area contributed by atoms with Crippen LogP contribution in [-0.2, 0) is 47.7 Å². The number of ether oxygens (including phenoxy) is 5. The summed E-state index contributed by atoms with van der Waals surface area (Å²) in [6.07, 6.45) is -3.58. The molecule has 11 heteroatoms. The van der Waals surface area contributed by atoms with Crippen LogP contribution in [0.3, 0.4) is 0 Å². The minimum Gasteiger partial charge on any atom is -0.462 e. The van der Waals surface area contributed by atoms with Crippen LogP contribution in [0.25, 0.3) is 6.08 Å². The van der Waals surface area contributed by atoms with Crippen LogP contribution in [0.5, 0.6) is 0 Å². The van der Waals surface area contributed by atoms with Gasteiger partial charge in [0.2, 0.25) is 0 Å². The Balaban J connectivity index is 1.68. The molecule has 1 N–H and O–H groups in total. The van der Waals surface area contributed by atoms with E-state index < -0.39 is 88.3 Å². The van der Waals surface area contributed by atoms with Crippen molar-refractivity contribution in [3.63, 3.8) is 0 Å². The molecule has 11 nitrogen and oxygen atoms in total. The van der Waals surface area contributed by atoms with Crippen molar-refractivity contribution in [1.82, 2.24) is 0 Å². The Hall–Kier alpha value is -3.83. The van der Waals surface area contributed by atoms with E-state index in [1.54, 1.807) is 19.9 Å². The van der Waals surface area contributed by atoms with E-state index in [1.165, 1.54) is 26.8 Å². The van der Waals surface area contributed by atoms with Gasteiger partial charge in [0, 0.05) is 56.9 Å². The third-order valence-corrected chi connectivity index (χ3v) is 10.9. The first kappa shape index (κ1) is 33.5. The van der Waals surface area contributed by atoms with E-state index in [0.717, 1.165) is 5.56 Å². The van der Waals surface area contributed by atoms with Gasteiger partial charge in [0.1, 0.15) is 36.1 Å². The van der Waals surface area contributed by atoms with E-state index in [1.807, 2.05) is 44.2 Å². The van der Waals surface area contributed by atoms with Crippen molar-refractivity contribution in [1.29, 1.82) is 0 Å². The van der Waals surface area contributed by atoms with Gasteiger partial charge >= 0.3 is 23.9 Å². The van der Waals surface area contributed by atoms with Crippen molar-refractivity contribution in [3.05, 3.63) is 54.1 Å². The predicted molar refractivity (Wildman–Crippen MR) is 162 cm³/mol. The molecule has 46 heavy (non-hydrogen) atoms. The van der Waals surface area contributed by atoms with Gasteiger partial charge in [-0.1, -0.05) is 57.7 Å². The second-order valence-corrected chi connectivity index (χ2v) is 13.8. The SMILES string of the molecule is C=C1C2[C@H](OC(C)=O)[C@@H]3CC(=O)[C@@]4(C)O[C@@]4([C@@H](O)[C@H](OC(C)=O)[C@]2(C)[C@@H](OC(C)=O)C[C@@H]1OC(=O)C=Cc1ccccc1)C3(C)C. The lowest BCUT2D eigenvalue weighted by atomic mass is 9.45. The van der Waals surface area contributed by atoms with Crippen LogP contribution in [-0.4, -0.2) is 76.5 Å². The Kier molecular flexibility index (Phi) is 8.35. The molecule has 0 radical (unpaired) electrons. The van der Waals surface area contributed by atoms with Crippen LogP contribution in [0.2, 0.25) is 0 Å². The number of carbonyl (C=O) groups excluding carboxylic acids is 5. The fourth-order valence-electron chi connectivity index (χ4n) is 8.71. The molecule has 10 atom stereocenters. The Morgan fingerprint density at radius 2 is 1.54 bits per heavy atom. The van der Waals surface area contributed by atoms with Crippen molar-refractivity contribution in [2.75, 3.05) is 0 Å². The zero-order chi connectivity index (χ0) is 34.0. The summed E-state index contributed by atoms with van der Waals surface area (Å²) in [6.45, 7) is 14.9. The van der Waals surface area contributed by atoms with Gasteiger partial charge in [0.05, 0.1) is 5.41 Å². The summed E-state index contributed by atoms with van der Waals surface area (Å²) in [5.74, 6) is -4.81. The monoisotopic (exact) mass is 638 g/mol. The summed E-state index contributed by atoms with van der Waals surface area (Å²) in [7, 11) is 0. The lowest BCUT2D eigenvalue weighted by Crippen LogP contribution is -2.73. The van der Waals surface area contributed by atoms with Crippen LogP contribution in [0.4, 0.5) is 0 Å². The molecule has 2 bridgehead atoms. The summed E-state index contributed by atoms with van der Waals surface area (Å²) >= 11 is 0. The number of carbonyl (C=O) groups is 5. The number of aliphatic hydroxyl groups excluding tert-OH is 1. The molecule has 0 amide bonds. The van der Waals surface area contributed by atoms with E-state index in [9.17, 15) is 29.1 Å². The number of benzene rings is 1. The summed E-state index contributed by atoms with van der Waals surface area (Å²) in [4.78, 5) is 64.9. The first-order valence-electron chi connectivity index (χ1n) is 15.5. The third kappa shape index (κ3) is 4.99. The summed E-state index contributed by atoms with van der Waals surface area (Å²) in [5.41, 5.74) is -4.37. The van der Waals surface area contributed by atoms with Crippen LogP contribution in [0.1, 0.15) is 66.9 Å². The highest BCUT2D eigenvalue weighted by atomic mass is 16.7. The van der Waals surface area contributed by atoms with Crippen LogP contribution in [0.15, 0.2) is 48.6 Å². The Bertz CT molecular complexity index is 1500. The molecular formula is C35H42O11. The van der Waals surface area contributed by atoms with E-state index in [0.29, 0.717) is 5.57 Å². The largest absolute Gasteiger partial charge is 0.462 e. The highest BCUT2D eigenvalue weighted by Gasteiger charge is 2.87. The molecule has 0 aromatic heterocycles. The lowest BCUT2D eigenvalue weighted by molar-refractivity contribution is -0.246. The third-order valence-electron chi connectivity index (χ3n) is 10.9. The molecule has 4 aliphatic rings. The molecule has 3 saturated carbocycles. The highest BCUT2D eigenvalue weighted by Crippen LogP contribution is 2.72. The minimum absolute atomic E-state index is 0.0590.